The van der Waals surface area contributed by atoms with E-state index in [9.17, 15) is 23.9 Å². The number of halogens is 1. The molecule has 0 saturated heterocycles. The molecule has 0 unspecified atom stereocenters. The van der Waals surface area contributed by atoms with Crippen LogP contribution < -0.4 is 10.9 Å². The molecule has 0 radical (unpaired) electrons. The minimum absolute atomic E-state index is 0.0409. The molecule has 36 heavy (non-hydrogen) atoms. The first-order valence-corrected chi connectivity index (χ1v) is 12.2. The molecule has 5 rings (SSSR count). The Morgan fingerprint density at radius 3 is 2.75 bits per heavy atom. The summed E-state index contributed by atoms with van der Waals surface area (Å²) in [6.45, 7) is 5.52. The van der Waals surface area contributed by atoms with Crippen LogP contribution in [0.25, 0.3) is 22.3 Å². The number of hydrogen-bond acceptors (Lipinski definition) is 6. The quantitative estimate of drug-likeness (QED) is 0.399. The van der Waals surface area contributed by atoms with E-state index in [0.717, 1.165) is 24.0 Å². The third-order valence-corrected chi connectivity index (χ3v) is 7.31. The first-order chi connectivity index (χ1) is 17.2. The van der Waals surface area contributed by atoms with E-state index in [1.165, 1.54) is 10.6 Å². The maximum absolute atomic E-state index is 14.5. The van der Waals surface area contributed by atoms with E-state index in [1.807, 2.05) is 6.92 Å². The lowest BCUT2D eigenvalue weighted by Gasteiger charge is -2.31. The molecule has 1 aromatic carbocycles. The maximum atomic E-state index is 14.5. The molecule has 8 nitrogen and oxygen atoms in total. The van der Waals surface area contributed by atoms with E-state index in [1.54, 1.807) is 26.0 Å². The number of ether oxygens (including phenoxy) is 1. The Bertz CT molecular complexity index is 1500. The van der Waals surface area contributed by atoms with Gasteiger partial charge in [-0.2, -0.15) is 0 Å². The van der Waals surface area contributed by atoms with Crippen molar-refractivity contribution in [3.05, 3.63) is 62.2 Å². The van der Waals surface area contributed by atoms with Gasteiger partial charge in [0.2, 0.25) is 5.91 Å². The van der Waals surface area contributed by atoms with E-state index in [0.29, 0.717) is 34.3 Å². The van der Waals surface area contributed by atoms with E-state index >= 15 is 0 Å². The molecule has 0 fully saturated rings. The van der Waals surface area contributed by atoms with Gasteiger partial charge in [-0.15, -0.1) is 0 Å². The Balaban J connectivity index is 1.71. The highest BCUT2D eigenvalue weighted by Gasteiger charge is 2.45. The van der Waals surface area contributed by atoms with E-state index < -0.39 is 17.4 Å². The van der Waals surface area contributed by atoms with E-state index in [2.05, 4.69) is 5.32 Å². The number of rotatable bonds is 6. The van der Waals surface area contributed by atoms with Crippen LogP contribution in [0.4, 0.5) is 4.39 Å². The molecule has 0 saturated carbocycles. The third-order valence-electron chi connectivity index (χ3n) is 7.31. The van der Waals surface area contributed by atoms with Crippen LogP contribution in [0, 0.1) is 12.7 Å². The van der Waals surface area contributed by atoms with Crippen molar-refractivity contribution in [1.82, 2.24) is 14.9 Å². The molecule has 4 heterocycles. The molecule has 2 aliphatic heterocycles. The minimum atomic E-state index is -1.93. The predicted octanol–water partition coefficient (Wildman–Crippen LogP) is 3.33. The van der Waals surface area contributed by atoms with Crippen molar-refractivity contribution in [3.63, 3.8) is 0 Å². The van der Waals surface area contributed by atoms with Gasteiger partial charge >= 0.3 is 5.97 Å². The Morgan fingerprint density at radius 2 is 2.03 bits per heavy atom. The van der Waals surface area contributed by atoms with Gasteiger partial charge in [0.25, 0.3) is 5.56 Å². The van der Waals surface area contributed by atoms with Gasteiger partial charge in [0.1, 0.15) is 12.4 Å². The van der Waals surface area contributed by atoms with Crippen LogP contribution in [0.5, 0.6) is 0 Å². The number of aromatic nitrogens is 2. The molecule has 0 aliphatic carbocycles. The van der Waals surface area contributed by atoms with Gasteiger partial charge in [0.15, 0.2) is 5.60 Å². The van der Waals surface area contributed by atoms with Gasteiger partial charge in [-0.25, -0.2) is 14.2 Å². The summed E-state index contributed by atoms with van der Waals surface area (Å²) < 4.78 is 21.2. The monoisotopic (exact) mass is 493 g/mol. The fraction of sp³-hybridized carbons (Fsp3) is 0.407. The number of benzene rings is 1. The smallest absolute Gasteiger partial charge is 0.343 e. The molecular weight excluding hydrogens is 465 g/mol. The standard InChI is InChI=1S/C27H28FN3O5/c1-4-6-7-23(32)29-11-16-15-8-14(3)20(28)10-21(15)30-24-17(16)12-31-22(24)9-19-18(25(31)33)13-36-26(34)27(19,35)5-2/h8-10,35H,4-7,11-13H2,1-3H3,(H,29,32)/t27-/m0/s1. The number of hydrogen-bond donors (Lipinski definition) is 2. The number of pyridine rings is 2. The Morgan fingerprint density at radius 1 is 1.25 bits per heavy atom. The molecule has 1 amide bonds. The van der Waals surface area contributed by atoms with Crippen molar-refractivity contribution in [2.75, 3.05) is 0 Å². The van der Waals surface area contributed by atoms with Crippen LogP contribution in [0.15, 0.2) is 23.0 Å². The highest BCUT2D eigenvalue weighted by Crippen LogP contribution is 2.40. The maximum Gasteiger partial charge on any atom is 0.343 e. The zero-order valence-corrected chi connectivity index (χ0v) is 20.5. The zero-order chi connectivity index (χ0) is 25.8. The molecule has 1 atom stereocenters. The topological polar surface area (TPSA) is 111 Å². The number of nitrogens with zero attached hydrogens (tertiary/aromatic N) is 2. The fourth-order valence-electron chi connectivity index (χ4n) is 5.11. The molecule has 188 valence electrons. The Hall–Kier alpha value is -3.59. The number of amides is 1. The Kier molecular flexibility index (Phi) is 5.90. The number of carbonyl (C=O) groups excluding carboxylic acids is 2. The summed E-state index contributed by atoms with van der Waals surface area (Å²) in [5.41, 5.74) is 1.43. The highest BCUT2D eigenvalue weighted by molar-refractivity contribution is 5.90. The number of aliphatic hydroxyl groups is 1. The van der Waals surface area contributed by atoms with Crippen molar-refractivity contribution < 1.29 is 23.8 Å². The summed E-state index contributed by atoms with van der Waals surface area (Å²) in [6.07, 6.45) is 2.13. The van der Waals surface area contributed by atoms with Gasteiger partial charge in [-0.05, 0) is 43.0 Å². The molecule has 2 aliphatic rings. The number of esters is 1. The van der Waals surface area contributed by atoms with Gasteiger partial charge in [-0.3, -0.25) is 9.59 Å². The average molecular weight is 494 g/mol. The molecular formula is C27H28FN3O5. The number of aryl methyl sites for hydroxylation is 1. The van der Waals surface area contributed by atoms with Crippen LogP contribution in [-0.2, 0) is 39.6 Å². The molecule has 2 aromatic heterocycles. The summed E-state index contributed by atoms with van der Waals surface area (Å²) in [7, 11) is 0. The first kappa shape index (κ1) is 24.1. The van der Waals surface area contributed by atoms with E-state index in [4.69, 9.17) is 9.72 Å². The number of carbonyl (C=O) groups is 2. The van der Waals surface area contributed by atoms with E-state index in [-0.39, 0.29) is 48.7 Å². The fourth-order valence-corrected chi connectivity index (χ4v) is 5.11. The molecule has 9 heteroatoms. The molecule has 3 aromatic rings. The van der Waals surface area contributed by atoms with Crippen molar-refractivity contribution in [3.8, 4) is 11.4 Å². The SMILES string of the molecule is CCCCC(=O)NCc1c2c(nc3cc(F)c(C)cc13)-c1cc3c(c(=O)n1C2)COC(=O)[C@]3(O)CC. The second kappa shape index (κ2) is 8.81. The number of nitrogens with one attached hydrogen (secondary N) is 1. The molecule has 2 N–H and O–H groups in total. The van der Waals surface area contributed by atoms with Crippen molar-refractivity contribution in [1.29, 1.82) is 0 Å². The van der Waals surface area contributed by atoms with Crippen molar-refractivity contribution in [2.24, 2.45) is 0 Å². The summed E-state index contributed by atoms with van der Waals surface area (Å²) in [6, 6.07) is 4.69. The number of fused-ring (bicyclic) bond motifs is 5. The van der Waals surface area contributed by atoms with Crippen molar-refractivity contribution in [2.45, 2.75) is 71.8 Å². The summed E-state index contributed by atoms with van der Waals surface area (Å²) >= 11 is 0. The van der Waals surface area contributed by atoms with Crippen LogP contribution in [0.2, 0.25) is 0 Å². The van der Waals surface area contributed by atoms with Crippen molar-refractivity contribution >= 4 is 22.8 Å². The average Bonchev–Trinajstić information content (AvgIpc) is 3.22. The Labute approximate surface area is 207 Å². The largest absolute Gasteiger partial charge is 0.458 e. The van der Waals surface area contributed by atoms with Gasteiger partial charge < -0.3 is 19.7 Å². The zero-order valence-electron chi connectivity index (χ0n) is 20.5. The third kappa shape index (κ3) is 3.61. The second-order valence-electron chi connectivity index (χ2n) is 9.52. The lowest BCUT2D eigenvalue weighted by Crippen LogP contribution is -2.44. The van der Waals surface area contributed by atoms with Gasteiger partial charge in [0, 0.05) is 35.5 Å². The summed E-state index contributed by atoms with van der Waals surface area (Å²) in [5.74, 6) is -1.28. The van der Waals surface area contributed by atoms with Crippen LogP contribution in [0.3, 0.4) is 0 Å². The van der Waals surface area contributed by atoms with Gasteiger partial charge in [0.05, 0.1) is 29.0 Å². The number of unbranched alkanes of at least 4 members (excludes halogenated alkanes) is 1. The van der Waals surface area contributed by atoms with Crippen LogP contribution in [-0.4, -0.2) is 26.5 Å². The predicted molar refractivity (Wildman–Crippen MR) is 131 cm³/mol. The highest BCUT2D eigenvalue weighted by atomic mass is 19.1. The minimum Gasteiger partial charge on any atom is -0.458 e. The number of cyclic esters (lactones) is 1. The van der Waals surface area contributed by atoms with Crippen LogP contribution in [0.1, 0.15) is 67.3 Å². The normalized spacial score (nSPS) is 18.0. The lowest BCUT2D eigenvalue weighted by molar-refractivity contribution is -0.172. The second-order valence-corrected chi connectivity index (χ2v) is 9.52. The molecule has 0 spiro atoms. The summed E-state index contributed by atoms with van der Waals surface area (Å²) in [4.78, 5) is 43.0. The molecule has 0 bridgehead atoms. The lowest BCUT2D eigenvalue weighted by atomic mass is 9.86. The van der Waals surface area contributed by atoms with Gasteiger partial charge in [-0.1, -0.05) is 20.3 Å². The summed E-state index contributed by atoms with van der Waals surface area (Å²) in [5, 5.41) is 14.7. The van der Waals surface area contributed by atoms with Crippen LogP contribution >= 0.6 is 0 Å². The first-order valence-electron chi connectivity index (χ1n) is 12.2.